The molecule has 0 saturated carbocycles. The molecule has 1 aromatic carbocycles. The van der Waals surface area contributed by atoms with E-state index in [-0.39, 0.29) is 5.91 Å². The zero-order valence-electron chi connectivity index (χ0n) is 13.1. The molecule has 0 bridgehead atoms. The molecule has 0 spiro atoms. The molecule has 1 aliphatic heterocycles. The summed E-state index contributed by atoms with van der Waals surface area (Å²) in [5.74, 6) is 0.0875. The minimum Gasteiger partial charge on any atom is -0.326 e. The molecule has 3 N–H and O–H groups in total. The van der Waals surface area contributed by atoms with E-state index < -0.39 is 0 Å². The van der Waals surface area contributed by atoms with Crippen LogP contribution in [0.1, 0.15) is 45.1 Å². The average Bonchev–Trinajstić information content (AvgIpc) is 2.86. The predicted octanol–water partition coefficient (Wildman–Crippen LogP) is 2.74. The van der Waals surface area contributed by atoms with E-state index in [1.807, 2.05) is 24.3 Å². The van der Waals surface area contributed by atoms with Gasteiger partial charge in [-0.05, 0) is 43.9 Å². The number of nitrogens with two attached hydrogens (primary N) is 1. The third kappa shape index (κ3) is 4.29. The highest BCUT2D eigenvalue weighted by Crippen LogP contribution is 2.25. The van der Waals surface area contributed by atoms with Crippen molar-refractivity contribution in [1.82, 2.24) is 4.90 Å². The highest BCUT2D eigenvalue weighted by molar-refractivity contribution is 5.90. The van der Waals surface area contributed by atoms with Crippen molar-refractivity contribution in [2.45, 2.75) is 58.2 Å². The van der Waals surface area contributed by atoms with E-state index in [2.05, 4.69) is 24.1 Å². The number of likely N-dealkylation sites (tertiary alicyclic amines) is 1. The molecule has 1 aromatic rings. The SMILES string of the molecule is CCC1CCC(C)N1CCC(=O)Nc1ccc(CN)cc1. The zero-order valence-corrected chi connectivity index (χ0v) is 13.1. The highest BCUT2D eigenvalue weighted by atomic mass is 16.1. The van der Waals surface area contributed by atoms with E-state index in [4.69, 9.17) is 5.73 Å². The van der Waals surface area contributed by atoms with E-state index in [0.29, 0.717) is 25.0 Å². The Kier molecular flexibility index (Phi) is 5.76. The Bertz CT molecular complexity index is 458. The van der Waals surface area contributed by atoms with Crippen LogP contribution in [0.5, 0.6) is 0 Å². The standard InChI is InChI=1S/C17H27N3O/c1-3-16-9-4-13(2)20(16)11-10-17(21)19-15-7-5-14(12-18)6-8-15/h5-8,13,16H,3-4,9-12,18H2,1-2H3,(H,19,21). The molecular weight excluding hydrogens is 262 g/mol. The summed E-state index contributed by atoms with van der Waals surface area (Å²) in [5.41, 5.74) is 7.48. The predicted molar refractivity (Wildman–Crippen MR) is 87.1 cm³/mol. The van der Waals surface area contributed by atoms with E-state index in [0.717, 1.165) is 17.8 Å². The Balaban J connectivity index is 1.81. The maximum atomic E-state index is 12.1. The summed E-state index contributed by atoms with van der Waals surface area (Å²) < 4.78 is 0. The van der Waals surface area contributed by atoms with Crippen LogP contribution >= 0.6 is 0 Å². The van der Waals surface area contributed by atoms with Crippen molar-refractivity contribution in [2.75, 3.05) is 11.9 Å². The third-order valence-electron chi connectivity index (χ3n) is 4.49. The van der Waals surface area contributed by atoms with Crippen LogP contribution in [0.15, 0.2) is 24.3 Å². The van der Waals surface area contributed by atoms with Crippen LogP contribution in [-0.2, 0) is 11.3 Å². The van der Waals surface area contributed by atoms with Gasteiger partial charge in [0, 0.05) is 37.3 Å². The number of hydrogen-bond donors (Lipinski definition) is 2. The molecule has 116 valence electrons. The molecule has 0 radical (unpaired) electrons. The number of rotatable bonds is 6. The largest absolute Gasteiger partial charge is 0.326 e. The van der Waals surface area contributed by atoms with Gasteiger partial charge >= 0.3 is 0 Å². The van der Waals surface area contributed by atoms with Gasteiger partial charge in [-0.2, -0.15) is 0 Å². The number of anilines is 1. The van der Waals surface area contributed by atoms with Crippen molar-refractivity contribution in [3.8, 4) is 0 Å². The van der Waals surface area contributed by atoms with Crippen molar-refractivity contribution in [1.29, 1.82) is 0 Å². The fraction of sp³-hybridized carbons (Fsp3) is 0.588. The summed E-state index contributed by atoms with van der Waals surface area (Å²) in [4.78, 5) is 14.5. The molecule has 4 nitrogen and oxygen atoms in total. The number of amides is 1. The number of nitrogens with zero attached hydrogens (tertiary/aromatic N) is 1. The normalized spacial score (nSPS) is 22.4. The quantitative estimate of drug-likeness (QED) is 0.846. The van der Waals surface area contributed by atoms with E-state index >= 15 is 0 Å². The molecule has 0 aliphatic carbocycles. The van der Waals surface area contributed by atoms with Gasteiger partial charge in [0.2, 0.25) is 5.91 Å². The van der Waals surface area contributed by atoms with Crippen LogP contribution in [0.3, 0.4) is 0 Å². The summed E-state index contributed by atoms with van der Waals surface area (Å²) in [6, 6.07) is 8.97. The Morgan fingerprint density at radius 2 is 2.05 bits per heavy atom. The van der Waals surface area contributed by atoms with Gasteiger partial charge in [-0.25, -0.2) is 0 Å². The topological polar surface area (TPSA) is 58.4 Å². The zero-order chi connectivity index (χ0) is 15.2. The van der Waals surface area contributed by atoms with Crippen molar-refractivity contribution in [2.24, 2.45) is 5.73 Å². The Morgan fingerprint density at radius 3 is 2.67 bits per heavy atom. The van der Waals surface area contributed by atoms with Crippen molar-refractivity contribution >= 4 is 11.6 Å². The molecule has 2 rings (SSSR count). The molecule has 1 saturated heterocycles. The summed E-state index contributed by atoms with van der Waals surface area (Å²) in [6.45, 7) is 5.87. The lowest BCUT2D eigenvalue weighted by atomic mass is 10.1. The fourth-order valence-corrected chi connectivity index (χ4v) is 3.15. The second kappa shape index (κ2) is 7.57. The number of carbonyl (C=O) groups excluding carboxylic acids is 1. The lowest BCUT2D eigenvalue weighted by Crippen LogP contribution is -2.36. The molecule has 0 aromatic heterocycles. The summed E-state index contributed by atoms with van der Waals surface area (Å²) in [7, 11) is 0. The Labute approximate surface area is 127 Å². The van der Waals surface area contributed by atoms with Gasteiger partial charge in [0.15, 0.2) is 0 Å². The number of nitrogens with one attached hydrogen (secondary N) is 1. The first-order chi connectivity index (χ1) is 10.1. The monoisotopic (exact) mass is 289 g/mol. The number of benzene rings is 1. The summed E-state index contributed by atoms with van der Waals surface area (Å²) >= 11 is 0. The lowest BCUT2D eigenvalue weighted by Gasteiger charge is -2.27. The van der Waals surface area contributed by atoms with Crippen LogP contribution in [0.25, 0.3) is 0 Å². The maximum absolute atomic E-state index is 12.1. The molecule has 4 heteroatoms. The average molecular weight is 289 g/mol. The lowest BCUT2D eigenvalue weighted by molar-refractivity contribution is -0.116. The number of carbonyl (C=O) groups is 1. The van der Waals surface area contributed by atoms with Crippen molar-refractivity contribution in [3.63, 3.8) is 0 Å². The first-order valence-electron chi connectivity index (χ1n) is 7.98. The molecule has 2 atom stereocenters. The molecule has 1 fully saturated rings. The fourth-order valence-electron chi connectivity index (χ4n) is 3.15. The van der Waals surface area contributed by atoms with Crippen LogP contribution in [0.4, 0.5) is 5.69 Å². The summed E-state index contributed by atoms with van der Waals surface area (Å²) in [6.07, 6.45) is 4.24. The van der Waals surface area contributed by atoms with Gasteiger partial charge in [-0.1, -0.05) is 19.1 Å². The Hall–Kier alpha value is -1.39. The van der Waals surface area contributed by atoms with Crippen LogP contribution in [0, 0.1) is 0 Å². The van der Waals surface area contributed by atoms with Gasteiger partial charge < -0.3 is 11.1 Å². The van der Waals surface area contributed by atoms with Crippen LogP contribution in [0.2, 0.25) is 0 Å². The van der Waals surface area contributed by atoms with Gasteiger partial charge in [-0.15, -0.1) is 0 Å². The molecule has 21 heavy (non-hydrogen) atoms. The number of hydrogen-bond acceptors (Lipinski definition) is 3. The molecular formula is C17H27N3O. The first-order valence-corrected chi connectivity index (χ1v) is 7.98. The Morgan fingerprint density at radius 1 is 1.33 bits per heavy atom. The van der Waals surface area contributed by atoms with Gasteiger partial charge in [0.1, 0.15) is 0 Å². The maximum Gasteiger partial charge on any atom is 0.225 e. The molecule has 1 heterocycles. The highest BCUT2D eigenvalue weighted by Gasteiger charge is 2.28. The van der Waals surface area contributed by atoms with E-state index in [1.165, 1.54) is 19.3 Å². The van der Waals surface area contributed by atoms with E-state index in [1.54, 1.807) is 0 Å². The molecule has 2 unspecified atom stereocenters. The summed E-state index contributed by atoms with van der Waals surface area (Å²) in [5, 5.41) is 2.96. The van der Waals surface area contributed by atoms with Crippen molar-refractivity contribution < 1.29 is 4.79 Å². The van der Waals surface area contributed by atoms with Gasteiger partial charge in [-0.3, -0.25) is 9.69 Å². The van der Waals surface area contributed by atoms with Crippen LogP contribution in [-0.4, -0.2) is 29.4 Å². The smallest absolute Gasteiger partial charge is 0.225 e. The second-order valence-electron chi connectivity index (χ2n) is 5.93. The first kappa shape index (κ1) is 16.0. The van der Waals surface area contributed by atoms with Gasteiger partial charge in [0.05, 0.1) is 0 Å². The second-order valence-corrected chi connectivity index (χ2v) is 5.93. The van der Waals surface area contributed by atoms with Crippen LogP contribution < -0.4 is 11.1 Å². The minimum absolute atomic E-state index is 0.0875. The van der Waals surface area contributed by atoms with Crippen molar-refractivity contribution in [3.05, 3.63) is 29.8 Å². The molecule has 1 aliphatic rings. The third-order valence-corrected chi connectivity index (χ3v) is 4.49. The molecule has 1 amide bonds. The van der Waals surface area contributed by atoms with Gasteiger partial charge in [0.25, 0.3) is 0 Å². The minimum atomic E-state index is 0.0875. The van der Waals surface area contributed by atoms with E-state index in [9.17, 15) is 4.79 Å².